The van der Waals surface area contributed by atoms with Gasteiger partial charge in [0.1, 0.15) is 0 Å². The molecular weight excluding hydrogens is 304 g/mol. The van der Waals surface area contributed by atoms with E-state index < -0.39 is 10.0 Å². The molecule has 0 radical (unpaired) electrons. The van der Waals surface area contributed by atoms with Gasteiger partial charge in [0, 0.05) is 17.8 Å². The summed E-state index contributed by atoms with van der Waals surface area (Å²) in [5, 5.41) is 0.398. The second-order valence-electron chi connectivity index (χ2n) is 5.43. The van der Waals surface area contributed by atoms with Crippen LogP contribution < -0.4 is 10.5 Å². The van der Waals surface area contributed by atoms with Gasteiger partial charge in [-0.3, -0.25) is 0 Å². The minimum atomic E-state index is -3.44. The van der Waals surface area contributed by atoms with E-state index in [0.29, 0.717) is 16.7 Å². The third-order valence-corrected chi connectivity index (χ3v) is 6.63. The maximum Gasteiger partial charge on any atom is 0.240 e. The van der Waals surface area contributed by atoms with E-state index >= 15 is 0 Å². The van der Waals surface area contributed by atoms with Crippen LogP contribution in [0.1, 0.15) is 44.2 Å². The van der Waals surface area contributed by atoms with Crippen molar-refractivity contribution >= 4 is 21.8 Å². The van der Waals surface area contributed by atoms with Crippen molar-refractivity contribution in [2.75, 3.05) is 12.3 Å². The fourth-order valence-electron chi connectivity index (χ4n) is 2.40. The summed E-state index contributed by atoms with van der Waals surface area (Å²) in [7, 11) is -3.44. The highest BCUT2D eigenvalue weighted by molar-refractivity contribution is 8.00. The fourth-order valence-corrected chi connectivity index (χ4v) is 4.88. The molecule has 0 aliphatic carbocycles. The molecule has 3 N–H and O–H groups in total. The highest BCUT2D eigenvalue weighted by Gasteiger charge is 2.19. The van der Waals surface area contributed by atoms with E-state index in [1.165, 1.54) is 12.8 Å². The molecule has 0 bridgehead atoms. The maximum absolute atomic E-state index is 12.4. The lowest BCUT2D eigenvalue weighted by Crippen LogP contribution is -2.32. The first-order valence-electron chi connectivity index (χ1n) is 7.49. The van der Waals surface area contributed by atoms with E-state index in [4.69, 9.17) is 5.73 Å². The van der Waals surface area contributed by atoms with E-state index in [1.807, 2.05) is 24.8 Å². The average molecular weight is 329 g/mol. The van der Waals surface area contributed by atoms with Crippen molar-refractivity contribution in [3.63, 3.8) is 0 Å². The molecule has 2 unspecified atom stereocenters. The summed E-state index contributed by atoms with van der Waals surface area (Å²) in [6.07, 6.45) is 4.31. The van der Waals surface area contributed by atoms with Crippen molar-refractivity contribution < 1.29 is 8.42 Å². The molecule has 0 aromatic heterocycles. The zero-order valence-electron chi connectivity index (χ0n) is 12.4. The summed E-state index contributed by atoms with van der Waals surface area (Å²) in [6.45, 7) is 2.50. The van der Waals surface area contributed by atoms with Crippen LogP contribution in [-0.2, 0) is 10.0 Å². The van der Waals surface area contributed by atoms with Gasteiger partial charge in [0.2, 0.25) is 10.0 Å². The van der Waals surface area contributed by atoms with Gasteiger partial charge in [-0.15, -0.1) is 0 Å². The minimum absolute atomic E-state index is 0.117. The molecule has 0 saturated carbocycles. The van der Waals surface area contributed by atoms with E-state index in [-0.39, 0.29) is 6.04 Å². The van der Waals surface area contributed by atoms with Gasteiger partial charge in [-0.25, -0.2) is 13.1 Å². The number of rotatable bonds is 6. The molecular formula is C15H24N2O2S2. The van der Waals surface area contributed by atoms with Gasteiger partial charge in [0.05, 0.1) is 4.90 Å². The predicted molar refractivity (Wildman–Crippen MR) is 88.9 cm³/mol. The first-order valence-corrected chi connectivity index (χ1v) is 10.0. The van der Waals surface area contributed by atoms with Crippen LogP contribution in [0.3, 0.4) is 0 Å². The Morgan fingerprint density at radius 3 is 2.90 bits per heavy atom. The Bertz CT molecular complexity index is 555. The molecule has 118 valence electrons. The highest BCUT2D eigenvalue weighted by Crippen LogP contribution is 2.25. The van der Waals surface area contributed by atoms with Gasteiger partial charge < -0.3 is 5.73 Å². The van der Waals surface area contributed by atoms with Gasteiger partial charge in [0.15, 0.2) is 0 Å². The number of nitrogens with one attached hydrogen (secondary N) is 1. The van der Waals surface area contributed by atoms with E-state index in [2.05, 4.69) is 4.72 Å². The normalized spacial score (nSPS) is 21.1. The lowest BCUT2D eigenvalue weighted by Gasteiger charge is -2.21. The van der Waals surface area contributed by atoms with E-state index in [9.17, 15) is 8.42 Å². The van der Waals surface area contributed by atoms with Gasteiger partial charge >= 0.3 is 0 Å². The van der Waals surface area contributed by atoms with Gasteiger partial charge in [0.25, 0.3) is 0 Å². The Labute approximate surface area is 131 Å². The van der Waals surface area contributed by atoms with Crippen LogP contribution in [0.25, 0.3) is 0 Å². The van der Waals surface area contributed by atoms with Crippen molar-refractivity contribution in [2.24, 2.45) is 5.73 Å². The minimum Gasteiger partial charge on any atom is -0.324 e. The van der Waals surface area contributed by atoms with Crippen LogP contribution in [0.15, 0.2) is 29.2 Å². The van der Waals surface area contributed by atoms with E-state index in [1.54, 1.807) is 18.2 Å². The predicted octanol–water partition coefficient (Wildman–Crippen LogP) is 2.66. The monoisotopic (exact) mass is 328 g/mol. The Kier molecular flexibility index (Phi) is 6.10. The molecule has 1 fully saturated rings. The molecule has 2 rings (SSSR count). The Balaban J connectivity index is 2.04. The highest BCUT2D eigenvalue weighted by atomic mass is 32.2. The second kappa shape index (κ2) is 7.63. The number of benzene rings is 1. The summed E-state index contributed by atoms with van der Waals surface area (Å²) >= 11 is 1.86. The van der Waals surface area contributed by atoms with Gasteiger partial charge in [-0.05, 0) is 42.7 Å². The number of sulfonamides is 1. The summed E-state index contributed by atoms with van der Waals surface area (Å²) in [6, 6.07) is 6.83. The van der Waals surface area contributed by atoms with Crippen LogP contribution in [0.2, 0.25) is 0 Å². The molecule has 0 spiro atoms. The smallest absolute Gasteiger partial charge is 0.240 e. The van der Waals surface area contributed by atoms with Crippen LogP contribution in [0.5, 0.6) is 0 Å². The van der Waals surface area contributed by atoms with E-state index in [0.717, 1.165) is 24.2 Å². The lowest BCUT2D eigenvalue weighted by molar-refractivity contribution is 0.573. The van der Waals surface area contributed by atoms with Crippen molar-refractivity contribution in [3.8, 4) is 0 Å². The summed E-state index contributed by atoms with van der Waals surface area (Å²) in [5.41, 5.74) is 6.85. The molecule has 1 aliphatic heterocycles. The Morgan fingerprint density at radius 1 is 1.43 bits per heavy atom. The largest absolute Gasteiger partial charge is 0.324 e. The van der Waals surface area contributed by atoms with Crippen LogP contribution in [-0.4, -0.2) is 26.0 Å². The third-order valence-electron chi connectivity index (χ3n) is 3.81. The zero-order chi connectivity index (χ0) is 15.3. The van der Waals surface area contributed by atoms with Crippen LogP contribution in [0, 0.1) is 0 Å². The number of hydrogen-bond acceptors (Lipinski definition) is 4. The number of hydrogen-bond donors (Lipinski definition) is 2. The molecule has 21 heavy (non-hydrogen) atoms. The Morgan fingerprint density at radius 2 is 2.24 bits per heavy atom. The average Bonchev–Trinajstić information content (AvgIpc) is 2.53. The lowest BCUT2D eigenvalue weighted by atomic mass is 10.1. The number of thioether (sulfide) groups is 1. The van der Waals surface area contributed by atoms with Gasteiger partial charge in [-0.2, -0.15) is 11.8 Å². The van der Waals surface area contributed by atoms with Crippen molar-refractivity contribution in [1.29, 1.82) is 0 Å². The SMILES string of the molecule is CCC(N)c1cccc(S(=O)(=O)NCC2CCCCS2)c1. The molecule has 2 atom stereocenters. The molecule has 1 aromatic rings. The topological polar surface area (TPSA) is 72.2 Å². The molecule has 1 saturated heterocycles. The summed E-state index contributed by atoms with van der Waals surface area (Å²) in [5.74, 6) is 1.13. The molecule has 1 heterocycles. The van der Waals surface area contributed by atoms with Crippen LogP contribution >= 0.6 is 11.8 Å². The molecule has 6 heteroatoms. The summed E-state index contributed by atoms with van der Waals surface area (Å²) < 4.78 is 27.5. The summed E-state index contributed by atoms with van der Waals surface area (Å²) in [4.78, 5) is 0.310. The quantitative estimate of drug-likeness (QED) is 0.842. The molecule has 4 nitrogen and oxygen atoms in total. The molecule has 1 aromatic carbocycles. The standard InChI is InChI=1S/C15H24N2O2S2/c1-2-15(16)12-6-5-8-14(10-12)21(18,19)17-11-13-7-3-4-9-20-13/h5-6,8,10,13,15,17H,2-4,7,9,11,16H2,1H3. The van der Waals surface area contributed by atoms with Crippen molar-refractivity contribution in [3.05, 3.63) is 29.8 Å². The zero-order valence-corrected chi connectivity index (χ0v) is 14.1. The first kappa shape index (κ1) is 16.8. The third kappa shape index (κ3) is 4.71. The Hall–Kier alpha value is -0.560. The second-order valence-corrected chi connectivity index (χ2v) is 8.60. The van der Waals surface area contributed by atoms with Crippen LogP contribution in [0.4, 0.5) is 0 Å². The van der Waals surface area contributed by atoms with Gasteiger partial charge in [-0.1, -0.05) is 25.5 Å². The molecule has 1 aliphatic rings. The molecule has 0 amide bonds. The first-order chi connectivity index (χ1) is 10.0. The van der Waals surface area contributed by atoms with Crippen molar-refractivity contribution in [1.82, 2.24) is 4.72 Å². The number of nitrogens with two attached hydrogens (primary N) is 1. The fraction of sp³-hybridized carbons (Fsp3) is 0.600. The van der Waals surface area contributed by atoms with Crippen molar-refractivity contribution in [2.45, 2.75) is 48.8 Å². The maximum atomic E-state index is 12.4.